The molecule has 20 heavy (non-hydrogen) atoms. The maximum atomic E-state index is 12.2. The second kappa shape index (κ2) is 6.07. The molecule has 1 aromatic rings. The van der Waals surface area contributed by atoms with Gasteiger partial charge < -0.3 is 10.1 Å². The lowest BCUT2D eigenvalue weighted by molar-refractivity contribution is 0.0938. The summed E-state index contributed by atoms with van der Waals surface area (Å²) in [5, 5.41) is 3.17. The summed E-state index contributed by atoms with van der Waals surface area (Å²) in [6, 6.07) is 2.85. The number of halogens is 2. The predicted molar refractivity (Wildman–Crippen MR) is 85.2 cm³/mol. The van der Waals surface area contributed by atoms with Crippen LogP contribution >= 0.6 is 34.2 Å². The van der Waals surface area contributed by atoms with Gasteiger partial charge in [0, 0.05) is 9.61 Å². The molecule has 1 amide bonds. The minimum absolute atomic E-state index is 0.0147. The third-order valence-electron chi connectivity index (χ3n) is 3.05. The number of benzene rings is 1. The molecule has 1 saturated heterocycles. The van der Waals surface area contributed by atoms with Gasteiger partial charge in [0.25, 0.3) is 5.91 Å². The van der Waals surface area contributed by atoms with Crippen molar-refractivity contribution in [3.63, 3.8) is 0 Å². The monoisotopic (exact) mass is 429 g/mol. The van der Waals surface area contributed by atoms with Crippen LogP contribution in [-0.4, -0.2) is 39.0 Å². The second-order valence-corrected chi connectivity index (χ2v) is 8.34. The van der Waals surface area contributed by atoms with Gasteiger partial charge >= 0.3 is 0 Å². The van der Waals surface area contributed by atoms with Gasteiger partial charge in [-0.05, 0) is 41.1 Å². The van der Waals surface area contributed by atoms with Gasteiger partial charge in [0.15, 0.2) is 9.84 Å². The van der Waals surface area contributed by atoms with Crippen LogP contribution in [0, 0.1) is 3.57 Å². The molecule has 0 spiro atoms. The van der Waals surface area contributed by atoms with Crippen LogP contribution < -0.4 is 10.1 Å². The van der Waals surface area contributed by atoms with Gasteiger partial charge in [-0.2, -0.15) is 0 Å². The number of ether oxygens (including phenoxy) is 1. The van der Waals surface area contributed by atoms with Crippen molar-refractivity contribution in [1.82, 2.24) is 5.32 Å². The van der Waals surface area contributed by atoms with Crippen molar-refractivity contribution in [2.24, 2.45) is 0 Å². The Balaban J connectivity index is 2.19. The van der Waals surface area contributed by atoms with Crippen molar-refractivity contribution in [1.29, 1.82) is 0 Å². The second-order valence-electron chi connectivity index (χ2n) is 4.54. The number of nitrogens with one attached hydrogen (secondary N) is 1. The van der Waals surface area contributed by atoms with Gasteiger partial charge in [-0.1, -0.05) is 11.6 Å². The highest BCUT2D eigenvalue weighted by Gasteiger charge is 2.29. The van der Waals surface area contributed by atoms with Crippen molar-refractivity contribution < 1.29 is 17.9 Å². The Morgan fingerprint density at radius 1 is 1.50 bits per heavy atom. The number of hydrogen-bond donors (Lipinski definition) is 1. The molecule has 0 radical (unpaired) electrons. The molecule has 0 bridgehead atoms. The van der Waals surface area contributed by atoms with Crippen LogP contribution in [0.2, 0.25) is 5.02 Å². The number of hydrogen-bond acceptors (Lipinski definition) is 4. The molecule has 110 valence electrons. The first kappa shape index (κ1) is 15.8. The Kier molecular flexibility index (Phi) is 4.80. The molecule has 0 aromatic heterocycles. The quantitative estimate of drug-likeness (QED) is 0.745. The molecule has 1 atom stereocenters. The maximum Gasteiger partial charge on any atom is 0.255 e. The van der Waals surface area contributed by atoms with Crippen LogP contribution in [0.5, 0.6) is 5.75 Å². The highest BCUT2D eigenvalue weighted by atomic mass is 127. The van der Waals surface area contributed by atoms with Crippen molar-refractivity contribution in [2.45, 2.75) is 12.5 Å². The van der Waals surface area contributed by atoms with E-state index in [4.69, 9.17) is 16.3 Å². The van der Waals surface area contributed by atoms with E-state index in [0.717, 1.165) is 3.57 Å². The molecule has 0 saturated carbocycles. The average molecular weight is 430 g/mol. The van der Waals surface area contributed by atoms with Gasteiger partial charge in [0.05, 0.1) is 29.2 Å². The normalized spacial score (nSPS) is 20.6. The lowest BCUT2D eigenvalue weighted by atomic mass is 10.1. The minimum Gasteiger partial charge on any atom is -0.496 e. The van der Waals surface area contributed by atoms with E-state index in [2.05, 4.69) is 5.32 Å². The van der Waals surface area contributed by atoms with E-state index >= 15 is 0 Å². The largest absolute Gasteiger partial charge is 0.496 e. The Morgan fingerprint density at radius 3 is 2.75 bits per heavy atom. The highest BCUT2D eigenvalue weighted by molar-refractivity contribution is 14.1. The number of amides is 1. The fraction of sp³-hybridized carbons (Fsp3) is 0.417. The molecular weight excluding hydrogens is 417 g/mol. The van der Waals surface area contributed by atoms with Crippen molar-refractivity contribution in [3.8, 4) is 5.75 Å². The number of rotatable bonds is 3. The van der Waals surface area contributed by atoms with E-state index in [1.807, 2.05) is 22.6 Å². The van der Waals surface area contributed by atoms with Crippen LogP contribution in [0.1, 0.15) is 16.8 Å². The lowest BCUT2D eigenvalue weighted by Crippen LogP contribution is -2.35. The van der Waals surface area contributed by atoms with Gasteiger partial charge in [0.2, 0.25) is 0 Å². The minimum atomic E-state index is -3.03. The lowest BCUT2D eigenvalue weighted by Gasteiger charge is -2.14. The fourth-order valence-corrected chi connectivity index (χ4v) is 4.32. The zero-order valence-electron chi connectivity index (χ0n) is 10.7. The summed E-state index contributed by atoms with van der Waals surface area (Å²) in [5.41, 5.74) is 0.308. The Labute approximate surface area is 136 Å². The zero-order valence-corrected chi connectivity index (χ0v) is 14.4. The van der Waals surface area contributed by atoms with E-state index in [1.165, 1.54) is 13.2 Å². The zero-order chi connectivity index (χ0) is 14.9. The van der Waals surface area contributed by atoms with Crippen LogP contribution in [0.25, 0.3) is 0 Å². The topological polar surface area (TPSA) is 72.5 Å². The average Bonchev–Trinajstić information content (AvgIpc) is 2.71. The summed E-state index contributed by atoms with van der Waals surface area (Å²) < 4.78 is 28.7. The molecule has 1 aromatic carbocycles. The predicted octanol–water partition coefficient (Wildman–Crippen LogP) is 1.87. The molecule has 1 aliphatic rings. The highest BCUT2D eigenvalue weighted by Crippen LogP contribution is 2.28. The fourth-order valence-electron chi connectivity index (χ4n) is 2.05. The molecular formula is C12H13ClINO4S. The summed E-state index contributed by atoms with van der Waals surface area (Å²) in [7, 11) is -1.56. The molecule has 2 rings (SSSR count). The maximum absolute atomic E-state index is 12.2. The first-order valence-electron chi connectivity index (χ1n) is 5.87. The van der Waals surface area contributed by atoms with Crippen LogP contribution in [0.4, 0.5) is 0 Å². The number of methoxy groups -OCH3 is 1. The first-order chi connectivity index (χ1) is 9.32. The standard InChI is InChI=1S/C12H13ClINO4S/c1-19-11-5-10(14)9(13)4-8(11)12(16)15-7-2-3-20(17,18)6-7/h4-5,7H,2-3,6H2,1H3,(H,15,16)/t7-/m1/s1. The van der Waals surface area contributed by atoms with Crippen molar-refractivity contribution in [3.05, 3.63) is 26.3 Å². The van der Waals surface area contributed by atoms with Gasteiger partial charge in [0.1, 0.15) is 5.75 Å². The number of carbonyl (C=O) groups excluding carboxylic acids is 1. The van der Waals surface area contributed by atoms with E-state index in [0.29, 0.717) is 22.8 Å². The van der Waals surface area contributed by atoms with Gasteiger partial charge in [-0.25, -0.2) is 8.42 Å². The van der Waals surface area contributed by atoms with Gasteiger partial charge in [-0.3, -0.25) is 4.79 Å². The molecule has 5 nitrogen and oxygen atoms in total. The summed E-state index contributed by atoms with van der Waals surface area (Å²) in [6.07, 6.45) is 0.439. The third kappa shape index (κ3) is 3.56. The molecule has 0 unspecified atom stereocenters. The summed E-state index contributed by atoms with van der Waals surface area (Å²) in [4.78, 5) is 12.2. The number of carbonyl (C=O) groups is 1. The number of sulfone groups is 1. The summed E-state index contributed by atoms with van der Waals surface area (Å²) >= 11 is 8.05. The first-order valence-corrected chi connectivity index (χ1v) is 9.14. The van der Waals surface area contributed by atoms with E-state index < -0.39 is 9.84 Å². The molecule has 0 aliphatic carbocycles. The Bertz CT molecular complexity index is 647. The van der Waals surface area contributed by atoms with E-state index in [1.54, 1.807) is 6.07 Å². The molecule has 1 aliphatic heterocycles. The molecule has 8 heteroatoms. The Morgan fingerprint density at radius 2 is 2.20 bits per heavy atom. The smallest absolute Gasteiger partial charge is 0.255 e. The van der Waals surface area contributed by atoms with Crippen molar-refractivity contribution in [2.75, 3.05) is 18.6 Å². The van der Waals surface area contributed by atoms with Crippen molar-refractivity contribution >= 4 is 49.9 Å². The van der Waals surface area contributed by atoms with E-state index in [-0.39, 0.29) is 23.5 Å². The summed E-state index contributed by atoms with van der Waals surface area (Å²) in [6.45, 7) is 0. The van der Waals surface area contributed by atoms with Crippen LogP contribution in [-0.2, 0) is 9.84 Å². The SMILES string of the molecule is COc1cc(I)c(Cl)cc1C(=O)N[C@@H]1CCS(=O)(=O)C1. The summed E-state index contributed by atoms with van der Waals surface area (Å²) in [5.74, 6) is 0.140. The third-order valence-corrected chi connectivity index (χ3v) is 6.35. The van der Waals surface area contributed by atoms with Gasteiger partial charge in [-0.15, -0.1) is 0 Å². The van der Waals surface area contributed by atoms with E-state index in [9.17, 15) is 13.2 Å². The van der Waals surface area contributed by atoms with Crippen LogP contribution in [0.3, 0.4) is 0 Å². The molecule has 1 heterocycles. The molecule has 1 N–H and O–H groups in total. The molecule has 1 fully saturated rings. The Hall–Kier alpha value is -0.540. The van der Waals surface area contributed by atoms with Crippen LogP contribution in [0.15, 0.2) is 12.1 Å².